The smallest absolute Gasteiger partial charge is 0.133 e. The molecule has 0 bridgehead atoms. The zero-order valence-corrected chi connectivity index (χ0v) is 13.8. The number of nitrogens with two attached hydrogens (primary N) is 1. The first-order valence-corrected chi connectivity index (χ1v) is 7.79. The van der Waals surface area contributed by atoms with E-state index in [0.717, 1.165) is 23.4 Å². The van der Waals surface area contributed by atoms with Crippen LogP contribution in [0.1, 0.15) is 20.3 Å². The lowest BCUT2D eigenvalue weighted by atomic mass is 10.3. The van der Waals surface area contributed by atoms with Gasteiger partial charge in [-0.2, -0.15) is 0 Å². The van der Waals surface area contributed by atoms with E-state index < -0.39 is 0 Å². The second-order valence-corrected chi connectivity index (χ2v) is 5.74. The van der Waals surface area contributed by atoms with E-state index in [0.29, 0.717) is 24.3 Å². The maximum absolute atomic E-state index is 5.86. The van der Waals surface area contributed by atoms with Crippen molar-refractivity contribution in [3.8, 4) is 5.75 Å². The fourth-order valence-electron chi connectivity index (χ4n) is 1.51. The lowest BCUT2D eigenvalue weighted by molar-refractivity contribution is -0.687. The van der Waals surface area contributed by atoms with Gasteiger partial charge in [0.25, 0.3) is 0 Å². The highest BCUT2D eigenvalue weighted by Gasteiger charge is 2.02. The van der Waals surface area contributed by atoms with E-state index in [4.69, 9.17) is 21.1 Å². The lowest BCUT2D eigenvalue weighted by Crippen LogP contribution is -2.90. The molecule has 1 aromatic carbocycles. The van der Waals surface area contributed by atoms with Gasteiger partial charge in [-0.1, -0.05) is 18.5 Å². The summed E-state index contributed by atoms with van der Waals surface area (Å²) in [7, 11) is 0. The Bertz CT molecular complexity index is 376. The van der Waals surface area contributed by atoms with Crippen molar-refractivity contribution in [1.82, 2.24) is 0 Å². The number of rotatable bonds is 9. The van der Waals surface area contributed by atoms with Crippen molar-refractivity contribution >= 4 is 27.5 Å². The highest BCUT2D eigenvalue weighted by atomic mass is 79.9. The number of benzene rings is 1. The summed E-state index contributed by atoms with van der Waals surface area (Å²) in [6.07, 6.45) is 1.19. The Morgan fingerprint density at radius 3 is 2.79 bits per heavy atom. The summed E-state index contributed by atoms with van der Waals surface area (Å²) in [6.45, 7) is 7.32. The average molecular weight is 352 g/mol. The molecule has 0 aliphatic heterocycles. The maximum atomic E-state index is 5.86. The van der Waals surface area contributed by atoms with E-state index in [2.05, 4.69) is 35.1 Å². The molecule has 108 valence electrons. The van der Waals surface area contributed by atoms with Crippen LogP contribution in [0.3, 0.4) is 0 Å². The summed E-state index contributed by atoms with van der Waals surface area (Å²) in [4.78, 5) is 0. The molecule has 0 saturated carbocycles. The minimum atomic E-state index is 0.545. The minimum absolute atomic E-state index is 0.545. The molecule has 1 atom stereocenters. The fourth-order valence-corrected chi connectivity index (χ4v) is 2.30. The molecular weight excluding hydrogens is 330 g/mol. The van der Waals surface area contributed by atoms with E-state index in [9.17, 15) is 0 Å². The van der Waals surface area contributed by atoms with Gasteiger partial charge in [-0.05, 0) is 47.5 Å². The molecule has 5 heteroatoms. The maximum Gasteiger partial charge on any atom is 0.133 e. The number of hydrogen-bond acceptors (Lipinski definition) is 2. The van der Waals surface area contributed by atoms with Crippen molar-refractivity contribution in [3.63, 3.8) is 0 Å². The molecule has 0 fully saturated rings. The van der Waals surface area contributed by atoms with Gasteiger partial charge in [-0.3, -0.25) is 0 Å². The molecule has 3 nitrogen and oxygen atoms in total. The first kappa shape index (κ1) is 16.8. The molecule has 0 radical (unpaired) electrons. The second kappa shape index (κ2) is 9.59. The van der Waals surface area contributed by atoms with E-state index in [1.54, 1.807) is 0 Å². The van der Waals surface area contributed by atoms with E-state index in [1.807, 2.05) is 18.2 Å². The Balaban J connectivity index is 2.07. The Morgan fingerprint density at radius 1 is 1.32 bits per heavy atom. The Labute approximate surface area is 128 Å². The van der Waals surface area contributed by atoms with E-state index >= 15 is 0 Å². The van der Waals surface area contributed by atoms with Crippen molar-refractivity contribution in [2.75, 3.05) is 26.4 Å². The third-order valence-corrected chi connectivity index (χ3v) is 3.71. The van der Waals surface area contributed by atoms with Gasteiger partial charge in [-0.25, -0.2) is 0 Å². The van der Waals surface area contributed by atoms with Crippen molar-refractivity contribution in [1.29, 1.82) is 0 Å². The normalized spacial score (nSPS) is 12.4. The monoisotopic (exact) mass is 350 g/mol. The van der Waals surface area contributed by atoms with Gasteiger partial charge in [0.15, 0.2) is 0 Å². The van der Waals surface area contributed by atoms with Crippen molar-refractivity contribution in [2.24, 2.45) is 0 Å². The third-order valence-electron chi connectivity index (χ3n) is 2.85. The molecule has 1 aromatic rings. The van der Waals surface area contributed by atoms with Crippen LogP contribution in [-0.2, 0) is 4.74 Å². The summed E-state index contributed by atoms with van der Waals surface area (Å²) in [5.74, 6) is 0.791. The molecule has 0 heterocycles. The SMILES string of the molecule is CC[C@@H](C)[NH2+]CCOCCOc1ccc(Cl)cc1Br. The predicted molar refractivity (Wildman–Crippen MR) is 82.0 cm³/mol. The average Bonchev–Trinajstić information content (AvgIpc) is 2.39. The standard InChI is InChI=1S/C14H21BrClNO2/c1-3-11(2)17-6-7-18-8-9-19-14-5-4-12(16)10-13(14)15/h4-5,10-11,17H,3,6-9H2,1-2H3/p+1/t11-/m1/s1. The van der Waals surface area contributed by atoms with Crippen molar-refractivity contribution in [2.45, 2.75) is 26.3 Å². The Morgan fingerprint density at radius 2 is 2.11 bits per heavy atom. The molecular formula is C14H22BrClNO2+. The summed E-state index contributed by atoms with van der Waals surface area (Å²) in [6, 6.07) is 6.15. The molecule has 0 aliphatic rings. The predicted octanol–water partition coefficient (Wildman–Crippen LogP) is 2.86. The van der Waals surface area contributed by atoms with Gasteiger partial charge < -0.3 is 14.8 Å². The first-order valence-electron chi connectivity index (χ1n) is 6.62. The Kier molecular flexibility index (Phi) is 8.46. The molecule has 0 aromatic heterocycles. The third kappa shape index (κ3) is 7.16. The number of ether oxygens (including phenoxy) is 2. The van der Waals surface area contributed by atoms with Crippen LogP contribution in [0.4, 0.5) is 0 Å². The van der Waals surface area contributed by atoms with E-state index in [1.165, 1.54) is 6.42 Å². The van der Waals surface area contributed by atoms with Gasteiger partial charge in [0.1, 0.15) is 12.4 Å². The van der Waals surface area contributed by atoms with Crippen LogP contribution in [0, 0.1) is 0 Å². The van der Waals surface area contributed by atoms with Gasteiger partial charge in [0.2, 0.25) is 0 Å². The Hall–Kier alpha value is -0.290. The largest absolute Gasteiger partial charge is 0.490 e. The van der Waals surface area contributed by atoms with Gasteiger partial charge in [-0.15, -0.1) is 0 Å². The molecule has 0 spiro atoms. The van der Waals surface area contributed by atoms with Crippen LogP contribution >= 0.6 is 27.5 Å². The number of hydrogen-bond donors (Lipinski definition) is 1. The van der Waals surface area contributed by atoms with Crippen LogP contribution in [0.25, 0.3) is 0 Å². The lowest BCUT2D eigenvalue weighted by Gasteiger charge is -2.10. The topological polar surface area (TPSA) is 35.1 Å². The number of halogens is 2. The molecule has 0 unspecified atom stereocenters. The van der Waals surface area contributed by atoms with Crippen LogP contribution in [0.5, 0.6) is 5.75 Å². The molecule has 0 aliphatic carbocycles. The van der Waals surface area contributed by atoms with Crippen LogP contribution in [0.2, 0.25) is 5.02 Å². The fraction of sp³-hybridized carbons (Fsp3) is 0.571. The second-order valence-electron chi connectivity index (χ2n) is 4.45. The van der Waals surface area contributed by atoms with Crippen LogP contribution in [0.15, 0.2) is 22.7 Å². The summed E-state index contributed by atoms with van der Waals surface area (Å²) >= 11 is 9.27. The van der Waals surface area contributed by atoms with Crippen molar-refractivity contribution < 1.29 is 14.8 Å². The molecule has 1 rings (SSSR count). The molecule has 2 N–H and O–H groups in total. The van der Waals surface area contributed by atoms with Gasteiger partial charge in [0, 0.05) is 5.02 Å². The molecule has 0 amide bonds. The molecule has 0 saturated heterocycles. The quantitative estimate of drug-likeness (QED) is 0.694. The molecule has 19 heavy (non-hydrogen) atoms. The highest BCUT2D eigenvalue weighted by molar-refractivity contribution is 9.10. The van der Waals surface area contributed by atoms with Crippen molar-refractivity contribution in [3.05, 3.63) is 27.7 Å². The summed E-state index contributed by atoms with van der Waals surface area (Å²) in [5, 5.41) is 2.99. The van der Waals surface area contributed by atoms with Crippen LogP contribution in [-0.4, -0.2) is 32.4 Å². The van der Waals surface area contributed by atoms with Gasteiger partial charge >= 0.3 is 0 Å². The van der Waals surface area contributed by atoms with E-state index in [-0.39, 0.29) is 0 Å². The minimum Gasteiger partial charge on any atom is -0.490 e. The summed E-state index contributed by atoms with van der Waals surface area (Å²) < 4.78 is 12.0. The zero-order chi connectivity index (χ0) is 14.1. The highest BCUT2D eigenvalue weighted by Crippen LogP contribution is 2.27. The summed E-state index contributed by atoms with van der Waals surface area (Å²) in [5.41, 5.74) is 0. The first-order chi connectivity index (χ1) is 9.13. The zero-order valence-electron chi connectivity index (χ0n) is 11.5. The van der Waals surface area contributed by atoms with Gasteiger partial charge in [0.05, 0.1) is 30.3 Å². The van der Waals surface area contributed by atoms with Crippen LogP contribution < -0.4 is 10.1 Å². The number of quaternary nitrogens is 1.